The van der Waals surface area contributed by atoms with E-state index in [9.17, 15) is 0 Å². The maximum atomic E-state index is 3.87. The van der Waals surface area contributed by atoms with Crippen LogP contribution in [0.25, 0.3) is 17.0 Å². The molecule has 160 valence electrons. The summed E-state index contributed by atoms with van der Waals surface area (Å²) >= 11 is 0. The van der Waals surface area contributed by atoms with Crippen molar-refractivity contribution in [2.45, 2.75) is 45.6 Å². The molecule has 0 radical (unpaired) electrons. The standard InChI is InChI=1S/C29H34N2/c1-19-20(2)26-17-29(3)28-25(24-11-7-8-12-27(24)30-28)13-14-31(29)18-23(26)16-22(19)15-21-9-5-4-6-10-21/h4-12,15,19-20,23,26,30H,13-14,16-18H2,1-3H3/b22-15+/t19-,20-,23-,26+,29-/m0/s1. The third kappa shape index (κ3) is 2.95. The number of aromatic nitrogens is 1. The predicted molar refractivity (Wildman–Crippen MR) is 130 cm³/mol. The molecular weight excluding hydrogens is 376 g/mol. The molecule has 3 aliphatic rings. The molecule has 2 fully saturated rings. The number of hydrogen-bond donors (Lipinski definition) is 1. The highest BCUT2D eigenvalue weighted by molar-refractivity contribution is 5.85. The molecule has 1 saturated carbocycles. The highest BCUT2D eigenvalue weighted by Gasteiger charge is 2.51. The van der Waals surface area contributed by atoms with Gasteiger partial charge in [0.1, 0.15) is 0 Å². The third-order valence-electron chi connectivity index (χ3n) is 9.07. The highest BCUT2D eigenvalue weighted by Crippen LogP contribution is 2.54. The molecule has 2 aromatic carbocycles. The van der Waals surface area contributed by atoms with Gasteiger partial charge in [0.05, 0.1) is 5.54 Å². The molecule has 5 atom stereocenters. The zero-order valence-electron chi connectivity index (χ0n) is 19.1. The number of allylic oxidation sites excluding steroid dienone is 1. The molecule has 3 heterocycles. The Labute approximate surface area is 186 Å². The number of H-pyrrole nitrogens is 1. The Balaban J connectivity index is 1.35. The maximum Gasteiger partial charge on any atom is 0.0589 e. The Morgan fingerprint density at radius 1 is 1.03 bits per heavy atom. The minimum absolute atomic E-state index is 0.141. The molecule has 3 aromatic rings. The van der Waals surface area contributed by atoms with E-state index >= 15 is 0 Å². The maximum absolute atomic E-state index is 3.87. The number of nitrogens with zero attached hydrogens (tertiary/aromatic N) is 1. The fourth-order valence-corrected chi connectivity index (χ4v) is 7.12. The lowest BCUT2D eigenvalue weighted by atomic mass is 9.59. The van der Waals surface area contributed by atoms with Gasteiger partial charge < -0.3 is 4.98 Å². The second-order valence-electron chi connectivity index (χ2n) is 10.6. The van der Waals surface area contributed by atoms with E-state index in [1.54, 1.807) is 11.1 Å². The van der Waals surface area contributed by atoms with Gasteiger partial charge in [-0.05, 0) is 67.1 Å². The van der Waals surface area contributed by atoms with E-state index < -0.39 is 0 Å². The fraction of sp³-hybridized carbons (Fsp3) is 0.448. The quantitative estimate of drug-likeness (QED) is 0.476. The molecule has 6 rings (SSSR count). The summed E-state index contributed by atoms with van der Waals surface area (Å²) in [6.07, 6.45) is 6.20. The molecule has 1 N–H and O–H groups in total. The van der Waals surface area contributed by atoms with Crippen molar-refractivity contribution in [3.63, 3.8) is 0 Å². The van der Waals surface area contributed by atoms with E-state index in [0.717, 1.165) is 17.8 Å². The summed E-state index contributed by atoms with van der Waals surface area (Å²) in [5, 5.41) is 1.44. The largest absolute Gasteiger partial charge is 0.357 e. The lowest BCUT2D eigenvalue weighted by Crippen LogP contribution is -2.58. The van der Waals surface area contributed by atoms with Gasteiger partial charge >= 0.3 is 0 Å². The van der Waals surface area contributed by atoms with Gasteiger partial charge in [0.25, 0.3) is 0 Å². The van der Waals surface area contributed by atoms with Gasteiger partial charge in [-0.2, -0.15) is 0 Å². The molecule has 2 aliphatic heterocycles. The molecule has 0 spiro atoms. The Morgan fingerprint density at radius 2 is 1.81 bits per heavy atom. The molecular formula is C29H34N2. The molecule has 31 heavy (non-hydrogen) atoms. The lowest BCUT2D eigenvalue weighted by molar-refractivity contribution is -0.0486. The van der Waals surface area contributed by atoms with Gasteiger partial charge in [0.2, 0.25) is 0 Å². The molecule has 1 aromatic heterocycles. The van der Waals surface area contributed by atoms with Crippen molar-refractivity contribution in [3.05, 3.63) is 77.0 Å². The third-order valence-corrected chi connectivity index (χ3v) is 9.07. The minimum Gasteiger partial charge on any atom is -0.357 e. The first-order chi connectivity index (χ1) is 15.0. The van der Waals surface area contributed by atoms with Crippen LogP contribution in [0.4, 0.5) is 0 Å². The van der Waals surface area contributed by atoms with E-state index in [-0.39, 0.29) is 5.54 Å². The van der Waals surface area contributed by atoms with Crippen LogP contribution in [0.1, 0.15) is 50.4 Å². The monoisotopic (exact) mass is 410 g/mol. The van der Waals surface area contributed by atoms with Gasteiger partial charge in [-0.3, -0.25) is 4.90 Å². The number of piperidine rings is 1. The first-order valence-corrected chi connectivity index (χ1v) is 12.2. The topological polar surface area (TPSA) is 19.0 Å². The minimum atomic E-state index is 0.141. The molecule has 0 amide bonds. The van der Waals surface area contributed by atoms with Crippen LogP contribution >= 0.6 is 0 Å². The molecule has 1 saturated heterocycles. The molecule has 2 nitrogen and oxygen atoms in total. The van der Waals surface area contributed by atoms with Crippen LogP contribution in [0.15, 0.2) is 60.2 Å². The summed E-state index contributed by atoms with van der Waals surface area (Å²) in [7, 11) is 0. The van der Waals surface area contributed by atoms with Crippen molar-refractivity contribution in [2.24, 2.45) is 23.7 Å². The highest BCUT2D eigenvalue weighted by atomic mass is 15.2. The predicted octanol–water partition coefficient (Wildman–Crippen LogP) is 6.64. The van der Waals surface area contributed by atoms with Gasteiger partial charge in [-0.25, -0.2) is 0 Å². The summed E-state index contributed by atoms with van der Waals surface area (Å²) in [5.41, 5.74) is 7.56. The van der Waals surface area contributed by atoms with E-state index in [1.165, 1.54) is 54.5 Å². The van der Waals surface area contributed by atoms with Crippen LogP contribution in [0.2, 0.25) is 0 Å². The summed E-state index contributed by atoms with van der Waals surface area (Å²) in [4.78, 5) is 6.68. The summed E-state index contributed by atoms with van der Waals surface area (Å²) < 4.78 is 0. The average Bonchev–Trinajstić information content (AvgIpc) is 3.17. The van der Waals surface area contributed by atoms with Crippen LogP contribution < -0.4 is 0 Å². The van der Waals surface area contributed by atoms with E-state index in [4.69, 9.17) is 0 Å². The molecule has 2 heteroatoms. The first-order valence-electron chi connectivity index (χ1n) is 12.2. The van der Waals surface area contributed by atoms with Crippen molar-refractivity contribution in [2.75, 3.05) is 13.1 Å². The van der Waals surface area contributed by atoms with Crippen molar-refractivity contribution < 1.29 is 0 Å². The van der Waals surface area contributed by atoms with E-state index in [2.05, 4.69) is 91.3 Å². The van der Waals surface area contributed by atoms with Crippen molar-refractivity contribution >= 4 is 17.0 Å². The van der Waals surface area contributed by atoms with Crippen LogP contribution in [-0.2, 0) is 12.0 Å². The number of rotatable bonds is 1. The van der Waals surface area contributed by atoms with Crippen LogP contribution in [-0.4, -0.2) is 23.0 Å². The summed E-state index contributed by atoms with van der Waals surface area (Å²) in [6, 6.07) is 19.8. The van der Waals surface area contributed by atoms with Gasteiger partial charge in [0, 0.05) is 29.7 Å². The SMILES string of the molecule is C[C@@H]1[C@H]2C[C@@]3(C)c4[nH]c5ccccc5c4CCN3C[C@@H]2C/C(=C\c2ccccc2)[C@H]1C. The van der Waals surface area contributed by atoms with Crippen LogP contribution in [0.5, 0.6) is 0 Å². The number of nitrogens with one attached hydrogen (secondary N) is 1. The van der Waals surface area contributed by atoms with Crippen molar-refractivity contribution in [3.8, 4) is 0 Å². The fourth-order valence-electron chi connectivity index (χ4n) is 7.12. The number of para-hydroxylation sites is 1. The zero-order chi connectivity index (χ0) is 21.2. The number of fused-ring (bicyclic) bond motifs is 6. The van der Waals surface area contributed by atoms with Gasteiger partial charge in [-0.1, -0.05) is 74.0 Å². The lowest BCUT2D eigenvalue weighted by Gasteiger charge is -2.57. The number of hydrogen-bond acceptors (Lipinski definition) is 1. The molecule has 1 aliphatic carbocycles. The second-order valence-corrected chi connectivity index (χ2v) is 10.6. The van der Waals surface area contributed by atoms with Crippen molar-refractivity contribution in [1.29, 1.82) is 0 Å². The smallest absolute Gasteiger partial charge is 0.0589 e. The average molecular weight is 411 g/mol. The van der Waals surface area contributed by atoms with Crippen LogP contribution in [0.3, 0.4) is 0 Å². The number of aromatic amines is 1. The first kappa shape index (κ1) is 19.4. The van der Waals surface area contributed by atoms with Gasteiger partial charge in [0.15, 0.2) is 0 Å². The van der Waals surface area contributed by atoms with E-state index in [1.807, 2.05) is 0 Å². The van der Waals surface area contributed by atoms with Crippen LogP contribution in [0, 0.1) is 23.7 Å². The summed E-state index contributed by atoms with van der Waals surface area (Å²) in [6.45, 7) is 9.94. The second kappa shape index (κ2) is 7.10. The molecule has 0 bridgehead atoms. The van der Waals surface area contributed by atoms with E-state index in [0.29, 0.717) is 5.92 Å². The van der Waals surface area contributed by atoms with Crippen molar-refractivity contribution in [1.82, 2.24) is 9.88 Å². The Hall–Kier alpha value is -2.32. The Morgan fingerprint density at radius 3 is 2.65 bits per heavy atom. The Kier molecular flexibility index (Phi) is 4.44. The normalized spacial score (nSPS) is 34.4. The zero-order valence-corrected chi connectivity index (χ0v) is 19.1. The summed E-state index contributed by atoms with van der Waals surface area (Å²) in [5.74, 6) is 2.95. The van der Waals surface area contributed by atoms with Gasteiger partial charge in [-0.15, -0.1) is 0 Å². The Bertz CT molecular complexity index is 1140. The molecule has 0 unspecified atom stereocenters. The number of benzene rings is 2.